The summed E-state index contributed by atoms with van der Waals surface area (Å²) in [5.74, 6) is 1.70. The highest BCUT2D eigenvalue weighted by molar-refractivity contribution is 5.44. The first-order valence-electron chi connectivity index (χ1n) is 9.18. The summed E-state index contributed by atoms with van der Waals surface area (Å²) in [4.78, 5) is 16.6. The molecule has 0 unspecified atom stereocenters. The zero-order valence-corrected chi connectivity index (χ0v) is 14.9. The van der Waals surface area contributed by atoms with E-state index in [0.717, 1.165) is 43.2 Å². The number of fused-ring (bicyclic) bond motifs is 2. The number of rotatable bonds is 3. The van der Waals surface area contributed by atoms with Gasteiger partial charge in [0.2, 0.25) is 0 Å². The highest BCUT2D eigenvalue weighted by atomic mass is 15.2. The Labute approximate surface area is 147 Å². The fraction of sp³-hybridized carbons (Fsp3) is 0.450. The molecule has 0 saturated heterocycles. The van der Waals surface area contributed by atoms with Gasteiger partial charge in [0.15, 0.2) is 0 Å². The Morgan fingerprint density at radius 2 is 2.04 bits per heavy atom. The molecule has 5 heteroatoms. The van der Waals surface area contributed by atoms with Gasteiger partial charge >= 0.3 is 0 Å². The number of aromatic nitrogens is 4. The molecular weight excluding hydrogens is 310 g/mol. The quantitative estimate of drug-likeness (QED) is 0.738. The second-order valence-electron chi connectivity index (χ2n) is 7.51. The van der Waals surface area contributed by atoms with Crippen molar-refractivity contribution in [1.29, 1.82) is 0 Å². The maximum absolute atomic E-state index is 4.83. The Hall–Kier alpha value is -2.27. The van der Waals surface area contributed by atoms with Crippen LogP contribution in [0.4, 0.5) is 0 Å². The summed E-state index contributed by atoms with van der Waals surface area (Å²) in [7, 11) is 0. The number of imidazole rings is 1. The number of hydrogen-bond donors (Lipinski definition) is 0. The standard InChI is InChI=1S/C20H23N5/c1-13-3-6-19-22-14(2)18(25(19)10-13)12-24-8-7-17-16(11-24)9-21-20(23-17)15-4-5-15/h3,6,9-10,15H,4-5,7-8,11-12H2,1-2H3. The van der Waals surface area contributed by atoms with Crippen molar-refractivity contribution in [3.8, 4) is 0 Å². The summed E-state index contributed by atoms with van der Waals surface area (Å²) >= 11 is 0. The van der Waals surface area contributed by atoms with Gasteiger partial charge in [-0.1, -0.05) is 6.07 Å². The number of aryl methyl sites for hydroxylation is 2. The average molecular weight is 333 g/mol. The molecule has 5 nitrogen and oxygen atoms in total. The molecule has 5 rings (SSSR count). The number of hydrogen-bond acceptors (Lipinski definition) is 4. The maximum atomic E-state index is 4.83. The first-order valence-corrected chi connectivity index (χ1v) is 9.18. The van der Waals surface area contributed by atoms with Crippen molar-refractivity contribution in [3.05, 3.63) is 58.6 Å². The molecule has 0 spiro atoms. The van der Waals surface area contributed by atoms with Crippen molar-refractivity contribution >= 4 is 5.65 Å². The molecule has 2 aliphatic rings. The topological polar surface area (TPSA) is 46.3 Å². The van der Waals surface area contributed by atoms with Crippen molar-refractivity contribution in [3.63, 3.8) is 0 Å². The fourth-order valence-corrected chi connectivity index (χ4v) is 3.78. The van der Waals surface area contributed by atoms with E-state index in [1.807, 2.05) is 0 Å². The summed E-state index contributed by atoms with van der Waals surface area (Å²) in [5.41, 5.74) is 7.26. The van der Waals surface area contributed by atoms with Crippen LogP contribution in [-0.2, 0) is 19.5 Å². The first kappa shape index (κ1) is 15.0. The molecule has 1 aliphatic carbocycles. The van der Waals surface area contributed by atoms with E-state index in [9.17, 15) is 0 Å². The predicted molar refractivity (Wildman–Crippen MR) is 96.5 cm³/mol. The van der Waals surface area contributed by atoms with Gasteiger partial charge in [-0.25, -0.2) is 15.0 Å². The molecule has 4 heterocycles. The molecule has 1 saturated carbocycles. The molecule has 0 aromatic carbocycles. The van der Waals surface area contributed by atoms with Gasteiger partial charge < -0.3 is 4.40 Å². The highest BCUT2D eigenvalue weighted by Crippen LogP contribution is 2.38. The first-order chi connectivity index (χ1) is 12.2. The maximum Gasteiger partial charge on any atom is 0.137 e. The third-order valence-electron chi connectivity index (χ3n) is 5.41. The van der Waals surface area contributed by atoms with Gasteiger partial charge in [0.25, 0.3) is 0 Å². The van der Waals surface area contributed by atoms with E-state index in [1.165, 1.54) is 35.4 Å². The predicted octanol–water partition coefficient (Wildman–Crippen LogP) is 3.18. The SMILES string of the molecule is Cc1ccc2nc(C)c(CN3CCc4nc(C5CC5)ncc4C3)n2c1. The van der Waals surface area contributed by atoms with E-state index >= 15 is 0 Å². The molecular formula is C20H23N5. The molecule has 1 fully saturated rings. The molecule has 0 bridgehead atoms. The zero-order valence-electron chi connectivity index (χ0n) is 14.9. The third-order valence-corrected chi connectivity index (χ3v) is 5.41. The molecule has 0 atom stereocenters. The molecule has 3 aromatic heterocycles. The van der Waals surface area contributed by atoms with E-state index < -0.39 is 0 Å². The van der Waals surface area contributed by atoms with Gasteiger partial charge in [-0.3, -0.25) is 4.90 Å². The van der Waals surface area contributed by atoms with Crippen LogP contribution in [0.25, 0.3) is 5.65 Å². The van der Waals surface area contributed by atoms with Gasteiger partial charge in [-0.15, -0.1) is 0 Å². The average Bonchev–Trinajstić information content (AvgIpc) is 3.41. The highest BCUT2D eigenvalue weighted by Gasteiger charge is 2.28. The van der Waals surface area contributed by atoms with E-state index in [2.05, 4.69) is 52.7 Å². The lowest BCUT2D eigenvalue weighted by Crippen LogP contribution is -2.31. The summed E-state index contributed by atoms with van der Waals surface area (Å²) < 4.78 is 2.24. The van der Waals surface area contributed by atoms with Crippen LogP contribution >= 0.6 is 0 Å². The number of nitrogens with zero attached hydrogens (tertiary/aromatic N) is 5. The minimum absolute atomic E-state index is 0.632. The van der Waals surface area contributed by atoms with E-state index in [1.54, 1.807) is 0 Å². The number of pyridine rings is 1. The van der Waals surface area contributed by atoms with Gasteiger partial charge in [0.05, 0.1) is 11.4 Å². The van der Waals surface area contributed by atoms with Gasteiger partial charge in [-0.2, -0.15) is 0 Å². The Kier molecular flexibility index (Phi) is 3.38. The Bertz CT molecular complexity index is 954. The van der Waals surface area contributed by atoms with Crippen LogP contribution in [0.3, 0.4) is 0 Å². The van der Waals surface area contributed by atoms with Gasteiger partial charge in [0, 0.05) is 55.6 Å². The summed E-state index contributed by atoms with van der Waals surface area (Å²) in [6.07, 6.45) is 7.80. The second kappa shape index (κ2) is 5.63. The smallest absolute Gasteiger partial charge is 0.137 e. The normalized spacial score (nSPS) is 17.8. The van der Waals surface area contributed by atoms with Crippen LogP contribution in [0.1, 0.15) is 52.8 Å². The monoisotopic (exact) mass is 333 g/mol. The fourth-order valence-electron chi connectivity index (χ4n) is 3.78. The van der Waals surface area contributed by atoms with Gasteiger partial charge in [-0.05, 0) is 38.3 Å². The Balaban J connectivity index is 1.40. The van der Waals surface area contributed by atoms with Crippen LogP contribution < -0.4 is 0 Å². The zero-order chi connectivity index (χ0) is 17.0. The summed E-state index contributed by atoms with van der Waals surface area (Å²) in [6.45, 7) is 7.14. The van der Waals surface area contributed by atoms with Crippen molar-refractivity contribution < 1.29 is 0 Å². The molecule has 0 N–H and O–H groups in total. The van der Waals surface area contributed by atoms with E-state index in [-0.39, 0.29) is 0 Å². The minimum Gasteiger partial charge on any atom is -0.302 e. The Morgan fingerprint density at radius 3 is 2.88 bits per heavy atom. The summed E-state index contributed by atoms with van der Waals surface area (Å²) in [6, 6.07) is 4.22. The van der Waals surface area contributed by atoms with Crippen LogP contribution in [0, 0.1) is 13.8 Å². The largest absolute Gasteiger partial charge is 0.302 e. The lowest BCUT2D eigenvalue weighted by Gasteiger charge is -2.28. The van der Waals surface area contributed by atoms with E-state index in [4.69, 9.17) is 9.97 Å². The second-order valence-corrected chi connectivity index (χ2v) is 7.51. The van der Waals surface area contributed by atoms with E-state index in [0.29, 0.717) is 5.92 Å². The van der Waals surface area contributed by atoms with Crippen molar-refractivity contribution in [2.24, 2.45) is 0 Å². The molecule has 0 amide bonds. The molecule has 128 valence electrons. The molecule has 25 heavy (non-hydrogen) atoms. The minimum atomic E-state index is 0.632. The summed E-state index contributed by atoms with van der Waals surface area (Å²) in [5, 5.41) is 0. The third kappa shape index (κ3) is 2.72. The van der Waals surface area contributed by atoms with Gasteiger partial charge in [0.1, 0.15) is 11.5 Å². The van der Waals surface area contributed by atoms with Crippen molar-refractivity contribution in [1.82, 2.24) is 24.3 Å². The van der Waals surface area contributed by atoms with Crippen molar-refractivity contribution in [2.45, 2.75) is 52.1 Å². The van der Waals surface area contributed by atoms with Crippen LogP contribution in [-0.4, -0.2) is 30.8 Å². The lowest BCUT2D eigenvalue weighted by atomic mass is 10.1. The Morgan fingerprint density at radius 1 is 1.16 bits per heavy atom. The van der Waals surface area contributed by atoms with Crippen molar-refractivity contribution in [2.75, 3.05) is 6.54 Å². The van der Waals surface area contributed by atoms with Crippen LogP contribution in [0.15, 0.2) is 24.5 Å². The molecule has 3 aromatic rings. The molecule has 0 radical (unpaired) electrons. The van der Waals surface area contributed by atoms with Crippen LogP contribution in [0.5, 0.6) is 0 Å². The van der Waals surface area contributed by atoms with Crippen LogP contribution in [0.2, 0.25) is 0 Å². The molecule has 1 aliphatic heterocycles. The lowest BCUT2D eigenvalue weighted by molar-refractivity contribution is 0.238.